The Balaban J connectivity index is 1.58. The summed E-state index contributed by atoms with van der Waals surface area (Å²) in [7, 11) is 0. The fraction of sp³-hybridized carbons (Fsp3) is 0.130. The Kier molecular flexibility index (Phi) is 6.05. The molecule has 154 valence electrons. The van der Waals surface area contributed by atoms with Gasteiger partial charge in [-0.25, -0.2) is 9.36 Å². The van der Waals surface area contributed by atoms with Crippen LogP contribution in [0.5, 0.6) is 0 Å². The lowest BCUT2D eigenvalue weighted by Crippen LogP contribution is -2.13. The summed E-state index contributed by atoms with van der Waals surface area (Å²) in [6.07, 6.45) is 5.48. The van der Waals surface area contributed by atoms with Gasteiger partial charge in [0.2, 0.25) is 5.91 Å². The van der Waals surface area contributed by atoms with Crippen molar-refractivity contribution >= 4 is 29.1 Å². The minimum absolute atomic E-state index is 0.275. The maximum absolute atomic E-state index is 12.6. The fourth-order valence-corrected chi connectivity index (χ4v) is 3.86. The summed E-state index contributed by atoms with van der Waals surface area (Å²) in [6.45, 7) is 2.27. The maximum Gasteiger partial charge on any atom is 0.249 e. The average Bonchev–Trinajstić information content (AvgIpc) is 3.51. The molecule has 0 bridgehead atoms. The summed E-state index contributed by atoms with van der Waals surface area (Å²) in [5, 5.41) is 22.7. The molecule has 31 heavy (non-hydrogen) atoms. The molecule has 0 spiro atoms. The lowest BCUT2D eigenvalue weighted by atomic mass is 10.2. The number of hydrogen-bond acceptors (Lipinski definition) is 5. The fourth-order valence-electron chi connectivity index (χ4n) is 3.13. The van der Waals surface area contributed by atoms with E-state index < -0.39 is 0 Å². The Morgan fingerprint density at radius 2 is 2.06 bits per heavy atom. The summed E-state index contributed by atoms with van der Waals surface area (Å²) in [6, 6.07) is 17.7. The van der Waals surface area contributed by atoms with Crippen LogP contribution in [0, 0.1) is 18.3 Å². The molecule has 0 fully saturated rings. The van der Waals surface area contributed by atoms with Gasteiger partial charge in [0.15, 0.2) is 0 Å². The third-order valence-corrected chi connectivity index (χ3v) is 5.40. The largest absolute Gasteiger partial charge is 0.307 e. The first-order valence-corrected chi connectivity index (χ1v) is 10.6. The van der Waals surface area contributed by atoms with E-state index in [1.807, 2.05) is 65.6 Å². The van der Waals surface area contributed by atoms with Crippen LogP contribution in [0.3, 0.4) is 0 Å². The van der Waals surface area contributed by atoms with Crippen LogP contribution in [0.15, 0.2) is 66.2 Å². The van der Waals surface area contributed by atoms with Crippen molar-refractivity contribution in [1.82, 2.24) is 19.6 Å². The van der Waals surface area contributed by atoms with E-state index in [0.29, 0.717) is 18.8 Å². The number of rotatable bonds is 7. The topological polar surface area (TPSA) is 88.5 Å². The molecule has 4 rings (SSSR count). The van der Waals surface area contributed by atoms with Crippen LogP contribution >= 0.6 is 11.3 Å². The molecular weight excluding hydrogens is 408 g/mol. The van der Waals surface area contributed by atoms with Crippen molar-refractivity contribution in [2.24, 2.45) is 0 Å². The van der Waals surface area contributed by atoms with Gasteiger partial charge in [0.1, 0.15) is 11.5 Å². The van der Waals surface area contributed by atoms with Gasteiger partial charge in [0.25, 0.3) is 0 Å². The third-order valence-electron chi connectivity index (χ3n) is 4.52. The van der Waals surface area contributed by atoms with Crippen molar-refractivity contribution in [3.8, 4) is 22.3 Å². The number of carbonyl (C=O) groups is 1. The number of nitrogens with zero attached hydrogens (tertiary/aromatic N) is 5. The van der Waals surface area contributed by atoms with Crippen LogP contribution < -0.4 is 5.32 Å². The monoisotopic (exact) mass is 428 g/mol. The van der Waals surface area contributed by atoms with Gasteiger partial charge in [0.05, 0.1) is 35.3 Å². The second-order valence-corrected chi connectivity index (χ2v) is 7.76. The van der Waals surface area contributed by atoms with Crippen LogP contribution in [-0.4, -0.2) is 25.5 Å². The number of anilines is 1. The lowest BCUT2D eigenvalue weighted by molar-refractivity contribution is -0.111. The zero-order valence-electron chi connectivity index (χ0n) is 16.9. The quantitative estimate of drug-likeness (QED) is 0.433. The maximum atomic E-state index is 12.6. The number of carbonyl (C=O) groups excluding carboxylic acids is 1. The van der Waals surface area contributed by atoms with Gasteiger partial charge in [-0.05, 0) is 36.6 Å². The number of amides is 1. The summed E-state index contributed by atoms with van der Waals surface area (Å²) in [4.78, 5) is 13.6. The van der Waals surface area contributed by atoms with E-state index in [9.17, 15) is 4.79 Å². The smallest absolute Gasteiger partial charge is 0.249 e. The Hall–Kier alpha value is -3.96. The molecule has 1 amide bonds. The Labute approximate surface area is 183 Å². The average molecular weight is 429 g/mol. The first kappa shape index (κ1) is 20.3. The summed E-state index contributed by atoms with van der Waals surface area (Å²) < 4.78 is 3.45. The first-order chi connectivity index (χ1) is 15.1. The molecular formula is C23H20N6OS. The van der Waals surface area contributed by atoms with Crippen molar-refractivity contribution in [2.75, 3.05) is 5.32 Å². The minimum Gasteiger partial charge on any atom is -0.307 e. The second kappa shape index (κ2) is 9.24. The van der Waals surface area contributed by atoms with Crippen LogP contribution in [-0.2, 0) is 11.3 Å². The van der Waals surface area contributed by atoms with Crippen molar-refractivity contribution in [3.63, 3.8) is 0 Å². The number of thiophene rings is 1. The molecule has 1 aromatic carbocycles. The van der Waals surface area contributed by atoms with E-state index in [-0.39, 0.29) is 5.91 Å². The van der Waals surface area contributed by atoms with E-state index >= 15 is 0 Å². The van der Waals surface area contributed by atoms with Crippen molar-refractivity contribution in [3.05, 3.63) is 77.4 Å². The first-order valence-electron chi connectivity index (χ1n) is 9.73. The summed E-state index contributed by atoms with van der Waals surface area (Å²) in [5.74, 6) is 0.295. The molecule has 4 aromatic rings. The van der Waals surface area contributed by atoms with Gasteiger partial charge < -0.3 is 5.32 Å². The Morgan fingerprint density at radius 3 is 2.81 bits per heavy atom. The molecule has 1 N–H and O–H groups in total. The van der Waals surface area contributed by atoms with E-state index in [2.05, 4.69) is 16.5 Å². The molecule has 3 aromatic heterocycles. The number of nitrogens with one attached hydrogen (secondary N) is 1. The number of aryl methyl sites for hydroxylation is 2. The third kappa shape index (κ3) is 4.79. The predicted octanol–water partition coefficient (Wildman–Crippen LogP) is 4.67. The van der Waals surface area contributed by atoms with Gasteiger partial charge in [0, 0.05) is 23.9 Å². The number of benzene rings is 1. The second-order valence-electron chi connectivity index (χ2n) is 6.82. The molecule has 7 nitrogen and oxygen atoms in total. The molecule has 0 aliphatic carbocycles. The van der Waals surface area contributed by atoms with Gasteiger partial charge in [-0.15, -0.1) is 11.3 Å². The number of para-hydroxylation sites is 1. The highest BCUT2D eigenvalue weighted by atomic mass is 32.1. The zero-order chi connectivity index (χ0) is 21.6. The van der Waals surface area contributed by atoms with Crippen molar-refractivity contribution in [1.29, 1.82) is 5.26 Å². The van der Waals surface area contributed by atoms with Gasteiger partial charge in [-0.2, -0.15) is 15.5 Å². The Morgan fingerprint density at radius 1 is 1.23 bits per heavy atom. The SMILES string of the molecule is Cc1cc(NC(=O)/C=C/c2cn(-c3ccccc3)nc2-c2cccs2)n(CCC#N)n1. The molecule has 0 atom stereocenters. The van der Waals surface area contributed by atoms with Crippen molar-refractivity contribution in [2.45, 2.75) is 19.9 Å². The highest BCUT2D eigenvalue weighted by Crippen LogP contribution is 2.28. The van der Waals surface area contributed by atoms with E-state index in [0.717, 1.165) is 27.5 Å². The summed E-state index contributed by atoms with van der Waals surface area (Å²) in [5.41, 5.74) is 3.39. The molecule has 0 unspecified atom stereocenters. The van der Waals surface area contributed by atoms with Crippen molar-refractivity contribution < 1.29 is 4.79 Å². The molecule has 0 aliphatic rings. The number of nitriles is 1. The van der Waals surface area contributed by atoms with Crippen LogP contribution in [0.25, 0.3) is 22.3 Å². The molecule has 8 heteroatoms. The highest BCUT2D eigenvalue weighted by molar-refractivity contribution is 7.13. The van der Waals surface area contributed by atoms with Gasteiger partial charge >= 0.3 is 0 Å². The number of aromatic nitrogens is 4. The zero-order valence-corrected chi connectivity index (χ0v) is 17.7. The number of hydrogen-bond donors (Lipinski definition) is 1. The molecule has 0 saturated heterocycles. The van der Waals surface area contributed by atoms with Gasteiger partial charge in [-0.3, -0.25) is 4.79 Å². The molecule has 0 radical (unpaired) electrons. The normalized spacial score (nSPS) is 11.0. The van der Waals surface area contributed by atoms with E-state index in [1.165, 1.54) is 6.08 Å². The minimum atomic E-state index is -0.275. The summed E-state index contributed by atoms with van der Waals surface area (Å²) >= 11 is 1.60. The standard InChI is InChI=1S/C23H20N6OS/c1-17-15-21(28(26-17)13-6-12-24)25-22(30)11-10-18-16-29(19-7-3-2-4-8-19)27-23(18)20-9-5-14-31-20/h2-5,7-11,14-16H,6,13H2,1H3,(H,25,30)/b11-10+. The highest BCUT2D eigenvalue weighted by Gasteiger charge is 2.12. The molecule has 0 aliphatic heterocycles. The van der Waals surface area contributed by atoms with E-state index in [1.54, 1.807) is 28.2 Å². The van der Waals surface area contributed by atoms with Crippen LogP contribution in [0.4, 0.5) is 5.82 Å². The van der Waals surface area contributed by atoms with Crippen LogP contribution in [0.2, 0.25) is 0 Å². The lowest BCUT2D eigenvalue weighted by Gasteiger charge is -2.05. The molecule has 3 heterocycles. The van der Waals surface area contributed by atoms with E-state index in [4.69, 9.17) is 10.4 Å². The Bertz CT molecular complexity index is 1250. The predicted molar refractivity (Wildman–Crippen MR) is 122 cm³/mol. The molecule has 0 saturated carbocycles. The van der Waals surface area contributed by atoms with Gasteiger partial charge in [-0.1, -0.05) is 24.3 Å². The van der Waals surface area contributed by atoms with Crippen LogP contribution in [0.1, 0.15) is 17.7 Å².